The molecule has 0 heterocycles. The summed E-state index contributed by atoms with van der Waals surface area (Å²) in [5.74, 6) is 0.405. The monoisotopic (exact) mass is 317 g/mol. The van der Waals surface area contributed by atoms with Crippen molar-refractivity contribution in [2.24, 2.45) is 0 Å². The first-order chi connectivity index (χ1) is 11.5. The Hall–Kier alpha value is -2.61. The molecular weight excluding hydrogens is 294 g/mol. The average molecular weight is 317 g/mol. The fourth-order valence-corrected chi connectivity index (χ4v) is 3.06. The number of hydrogen-bond acceptors (Lipinski definition) is 1. The molecule has 2 nitrogen and oxygen atoms in total. The van der Waals surface area contributed by atoms with Gasteiger partial charge >= 0.3 is 0 Å². The first-order valence-electron chi connectivity index (χ1n) is 8.41. The molecule has 3 rings (SSSR count). The summed E-state index contributed by atoms with van der Waals surface area (Å²) in [5, 5.41) is 5.48. The number of carbonyl (C=O) groups is 1. The van der Waals surface area contributed by atoms with Crippen LogP contribution in [0.25, 0.3) is 10.8 Å². The van der Waals surface area contributed by atoms with Gasteiger partial charge in [0.1, 0.15) is 0 Å². The Morgan fingerprint density at radius 3 is 2.46 bits per heavy atom. The molecular formula is C22H23NO. The maximum atomic E-state index is 12.5. The number of para-hydroxylation sites is 1. The van der Waals surface area contributed by atoms with Crippen LogP contribution in [-0.4, -0.2) is 5.91 Å². The van der Waals surface area contributed by atoms with Crippen molar-refractivity contribution in [3.05, 3.63) is 77.4 Å². The van der Waals surface area contributed by atoms with Gasteiger partial charge in [-0.05, 0) is 40.3 Å². The first kappa shape index (κ1) is 16.3. The summed E-state index contributed by atoms with van der Waals surface area (Å²) in [5.41, 5.74) is 4.28. The van der Waals surface area contributed by atoms with Crippen molar-refractivity contribution in [3.8, 4) is 0 Å². The van der Waals surface area contributed by atoms with Gasteiger partial charge in [0.2, 0.25) is 5.91 Å². The summed E-state index contributed by atoms with van der Waals surface area (Å²) in [6, 6.07) is 20.6. The predicted molar refractivity (Wildman–Crippen MR) is 102 cm³/mol. The van der Waals surface area contributed by atoms with Crippen LogP contribution < -0.4 is 5.32 Å². The summed E-state index contributed by atoms with van der Waals surface area (Å²) >= 11 is 0. The van der Waals surface area contributed by atoms with Crippen LogP contribution in [0.3, 0.4) is 0 Å². The quantitative estimate of drug-likeness (QED) is 0.681. The first-order valence-corrected chi connectivity index (χ1v) is 8.41. The minimum Gasteiger partial charge on any atom is -0.325 e. The molecule has 0 aliphatic carbocycles. The molecule has 2 heteroatoms. The van der Waals surface area contributed by atoms with Crippen molar-refractivity contribution < 1.29 is 4.79 Å². The number of anilines is 1. The molecule has 0 radical (unpaired) electrons. The lowest BCUT2D eigenvalue weighted by Crippen LogP contribution is -2.16. The summed E-state index contributed by atoms with van der Waals surface area (Å²) in [4.78, 5) is 12.5. The van der Waals surface area contributed by atoms with E-state index in [4.69, 9.17) is 0 Å². The molecule has 0 fully saturated rings. The number of aryl methyl sites for hydroxylation is 1. The van der Waals surface area contributed by atoms with Gasteiger partial charge in [-0.25, -0.2) is 0 Å². The van der Waals surface area contributed by atoms with E-state index in [0.29, 0.717) is 12.3 Å². The van der Waals surface area contributed by atoms with Crippen LogP contribution >= 0.6 is 0 Å². The van der Waals surface area contributed by atoms with E-state index in [-0.39, 0.29) is 5.91 Å². The van der Waals surface area contributed by atoms with Gasteiger partial charge < -0.3 is 5.32 Å². The van der Waals surface area contributed by atoms with Crippen molar-refractivity contribution >= 4 is 22.4 Å². The van der Waals surface area contributed by atoms with Crippen LogP contribution in [0.15, 0.2) is 60.7 Å². The number of rotatable bonds is 4. The van der Waals surface area contributed by atoms with Crippen LogP contribution in [0.2, 0.25) is 0 Å². The van der Waals surface area contributed by atoms with E-state index in [1.807, 2.05) is 37.3 Å². The highest BCUT2D eigenvalue weighted by Gasteiger charge is 2.12. The van der Waals surface area contributed by atoms with E-state index < -0.39 is 0 Å². The van der Waals surface area contributed by atoms with E-state index in [9.17, 15) is 4.79 Å². The van der Waals surface area contributed by atoms with Gasteiger partial charge in [-0.2, -0.15) is 0 Å². The fourth-order valence-electron chi connectivity index (χ4n) is 3.06. The SMILES string of the molecule is Cc1cccc(C(C)C)c1NC(=O)Cc1ccc2ccccc2c1. The maximum absolute atomic E-state index is 12.5. The molecule has 1 N–H and O–H groups in total. The lowest BCUT2D eigenvalue weighted by atomic mass is 9.98. The molecule has 0 aliphatic heterocycles. The highest BCUT2D eigenvalue weighted by molar-refractivity contribution is 5.94. The van der Waals surface area contributed by atoms with Gasteiger partial charge in [-0.1, -0.05) is 74.5 Å². The van der Waals surface area contributed by atoms with Crippen LogP contribution in [0, 0.1) is 6.92 Å². The molecule has 0 aromatic heterocycles. The van der Waals surface area contributed by atoms with Crippen LogP contribution in [0.4, 0.5) is 5.69 Å². The predicted octanol–water partition coefficient (Wildman–Crippen LogP) is 5.45. The molecule has 3 aromatic rings. The lowest BCUT2D eigenvalue weighted by Gasteiger charge is -2.16. The van der Waals surface area contributed by atoms with Crippen molar-refractivity contribution in [3.63, 3.8) is 0 Å². The Labute approximate surface area is 143 Å². The number of carbonyl (C=O) groups excluding carboxylic acids is 1. The molecule has 0 saturated heterocycles. The lowest BCUT2D eigenvalue weighted by molar-refractivity contribution is -0.115. The Balaban J connectivity index is 1.80. The third-order valence-electron chi connectivity index (χ3n) is 4.37. The molecule has 0 saturated carbocycles. The topological polar surface area (TPSA) is 29.1 Å². The van der Waals surface area contributed by atoms with Crippen LogP contribution in [-0.2, 0) is 11.2 Å². The van der Waals surface area contributed by atoms with Gasteiger partial charge in [0, 0.05) is 5.69 Å². The minimum atomic E-state index is 0.0291. The Morgan fingerprint density at radius 2 is 1.71 bits per heavy atom. The molecule has 0 unspecified atom stereocenters. The van der Waals surface area contributed by atoms with Gasteiger partial charge in [-0.3, -0.25) is 4.79 Å². The number of fused-ring (bicyclic) bond motifs is 1. The smallest absolute Gasteiger partial charge is 0.228 e. The van der Waals surface area contributed by atoms with Gasteiger partial charge in [0.05, 0.1) is 6.42 Å². The van der Waals surface area contributed by atoms with Gasteiger partial charge in [0.15, 0.2) is 0 Å². The number of nitrogens with one attached hydrogen (secondary N) is 1. The van der Waals surface area contributed by atoms with Gasteiger partial charge in [-0.15, -0.1) is 0 Å². The van der Waals surface area contributed by atoms with E-state index in [0.717, 1.165) is 16.8 Å². The molecule has 122 valence electrons. The third-order valence-corrected chi connectivity index (χ3v) is 4.37. The van der Waals surface area contributed by atoms with E-state index in [1.165, 1.54) is 16.3 Å². The molecule has 0 aliphatic rings. The largest absolute Gasteiger partial charge is 0.325 e. The van der Waals surface area contributed by atoms with Crippen molar-refractivity contribution in [1.82, 2.24) is 0 Å². The third kappa shape index (κ3) is 3.48. The molecule has 1 amide bonds. The highest BCUT2D eigenvalue weighted by atomic mass is 16.1. The number of hydrogen-bond donors (Lipinski definition) is 1. The van der Waals surface area contributed by atoms with E-state index in [1.54, 1.807) is 0 Å². The zero-order chi connectivity index (χ0) is 17.1. The molecule has 0 atom stereocenters. The summed E-state index contributed by atoms with van der Waals surface area (Å²) < 4.78 is 0. The molecule has 0 bridgehead atoms. The molecule has 0 spiro atoms. The second-order valence-electron chi connectivity index (χ2n) is 6.60. The van der Waals surface area contributed by atoms with Crippen molar-refractivity contribution in [2.45, 2.75) is 33.1 Å². The number of amides is 1. The maximum Gasteiger partial charge on any atom is 0.228 e. The van der Waals surface area contributed by atoms with E-state index in [2.05, 4.69) is 49.5 Å². The Kier molecular flexibility index (Phi) is 4.66. The van der Waals surface area contributed by atoms with E-state index >= 15 is 0 Å². The van der Waals surface area contributed by atoms with Crippen molar-refractivity contribution in [1.29, 1.82) is 0 Å². The fraction of sp³-hybridized carbons (Fsp3) is 0.227. The van der Waals surface area contributed by atoms with Gasteiger partial charge in [0.25, 0.3) is 0 Å². The van der Waals surface area contributed by atoms with Crippen LogP contribution in [0.5, 0.6) is 0 Å². The Bertz CT molecular complexity index is 880. The minimum absolute atomic E-state index is 0.0291. The summed E-state index contributed by atoms with van der Waals surface area (Å²) in [6.45, 7) is 6.33. The zero-order valence-corrected chi connectivity index (χ0v) is 14.5. The standard InChI is InChI=1S/C22H23NO/c1-15(2)20-10-6-7-16(3)22(20)23-21(24)14-17-11-12-18-8-4-5-9-19(18)13-17/h4-13,15H,14H2,1-3H3,(H,23,24). The molecule has 24 heavy (non-hydrogen) atoms. The van der Waals surface area contributed by atoms with Crippen LogP contribution in [0.1, 0.15) is 36.5 Å². The normalized spacial score (nSPS) is 11.0. The number of benzene rings is 3. The zero-order valence-electron chi connectivity index (χ0n) is 14.5. The summed E-state index contributed by atoms with van der Waals surface area (Å²) in [7, 11) is 0. The summed E-state index contributed by atoms with van der Waals surface area (Å²) in [6.07, 6.45) is 0.386. The average Bonchev–Trinajstić information content (AvgIpc) is 2.56. The second kappa shape index (κ2) is 6.88. The Morgan fingerprint density at radius 1 is 0.958 bits per heavy atom. The second-order valence-corrected chi connectivity index (χ2v) is 6.60. The molecule has 3 aromatic carbocycles. The van der Waals surface area contributed by atoms with Crippen molar-refractivity contribution in [2.75, 3.05) is 5.32 Å². The highest BCUT2D eigenvalue weighted by Crippen LogP contribution is 2.27.